The van der Waals surface area contributed by atoms with Crippen molar-refractivity contribution in [3.8, 4) is 0 Å². The van der Waals surface area contributed by atoms with Crippen LogP contribution in [0.4, 0.5) is 20.4 Å². The third kappa shape index (κ3) is 7.83. The Labute approximate surface area is 213 Å². The van der Waals surface area contributed by atoms with E-state index in [0.29, 0.717) is 13.1 Å². The van der Waals surface area contributed by atoms with E-state index in [1.165, 1.54) is 24.4 Å². The van der Waals surface area contributed by atoms with Crippen LogP contribution < -0.4 is 16.0 Å². The zero-order valence-electron chi connectivity index (χ0n) is 18.5. The van der Waals surface area contributed by atoms with Crippen molar-refractivity contribution in [3.63, 3.8) is 0 Å². The number of hydrogen-bond donors (Lipinski definition) is 3. The molecule has 34 heavy (non-hydrogen) atoms. The van der Waals surface area contributed by atoms with Crippen molar-refractivity contribution in [1.29, 1.82) is 0 Å². The maximum Gasteiger partial charge on any atom is 0.414 e. The number of carbonyl (C=O) groups excluding carboxylic acids is 4. The first-order valence-electron chi connectivity index (χ1n) is 9.95. The van der Waals surface area contributed by atoms with Gasteiger partial charge in [0.2, 0.25) is 0 Å². The van der Waals surface area contributed by atoms with Gasteiger partial charge in [0, 0.05) is 37.9 Å². The topological polar surface area (TPSA) is 133 Å². The van der Waals surface area contributed by atoms with Crippen LogP contribution in [0.2, 0.25) is 0 Å². The summed E-state index contributed by atoms with van der Waals surface area (Å²) in [4.78, 5) is 56.8. The van der Waals surface area contributed by atoms with E-state index >= 15 is 0 Å². The number of amides is 5. The molecule has 0 radical (unpaired) electrons. The molecule has 0 aliphatic carbocycles. The molecule has 186 valence electrons. The number of thiophene rings is 1. The van der Waals surface area contributed by atoms with Crippen molar-refractivity contribution in [1.82, 2.24) is 20.1 Å². The smallest absolute Gasteiger partial charge is 0.414 e. The van der Waals surface area contributed by atoms with Crippen molar-refractivity contribution in [2.45, 2.75) is 6.92 Å². The molecule has 3 rings (SSSR count). The van der Waals surface area contributed by atoms with E-state index in [2.05, 4.69) is 25.8 Å². The van der Waals surface area contributed by atoms with E-state index in [0.717, 1.165) is 24.4 Å². The third-order valence-corrected chi connectivity index (χ3v) is 5.51. The second-order valence-corrected chi connectivity index (χ2v) is 7.86. The molecule has 0 aromatic carbocycles. The maximum absolute atomic E-state index is 12.7. The van der Waals surface area contributed by atoms with Gasteiger partial charge in [-0.1, -0.05) is 0 Å². The predicted octanol–water partition coefficient (Wildman–Crippen LogP) is 2.90. The number of alkyl carbamates (subject to hydrolysis) is 1. The van der Waals surface area contributed by atoms with Crippen molar-refractivity contribution in [2.24, 2.45) is 0 Å². The molecule has 0 saturated carbocycles. The first kappa shape index (κ1) is 29.1. The minimum absolute atomic E-state index is 0. The molecule has 3 N–H and O–H groups in total. The van der Waals surface area contributed by atoms with E-state index < -0.39 is 17.9 Å². The Morgan fingerprint density at radius 3 is 2.44 bits per heavy atom. The summed E-state index contributed by atoms with van der Waals surface area (Å²) < 4.78 is 4.69. The number of ether oxygens (including phenoxy) is 1. The Morgan fingerprint density at radius 1 is 1.06 bits per heavy atom. The number of hydrogen-bond acceptors (Lipinski definition) is 8. The average Bonchev–Trinajstić information content (AvgIpc) is 3.22. The van der Waals surface area contributed by atoms with E-state index in [1.54, 1.807) is 17.2 Å². The molecule has 3 heterocycles. The lowest BCUT2D eigenvalue weighted by Crippen LogP contribution is -2.48. The van der Waals surface area contributed by atoms with Gasteiger partial charge in [-0.25, -0.2) is 14.6 Å². The lowest BCUT2D eigenvalue weighted by atomic mass is 10.2. The van der Waals surface area contributed by atoms with Gasteiger partial charge in [-0.2, -0.15) is 0 Å². The standard InChI is InChI=1S/C20H24N6O5S.2ClH/c1-3-31-20(30)24-17(28)14-5-11-32-18(14)23-16(27)13-4-6-21-15(12-13)22-19(29)26-9-7-25(2)8-10-26;;/h4-6,11-12H,3,7-10H2,1-2H3,(H,23,27)(H,21,22,29)(H,24,28,30);2*1H. The van der Waals surface area contributed by atoms with Crippen LogP contribution in [0, 0.1) is 0 Å². The molecule has 2 aromatic rings. The van der Waals surface area contributed by atoms with Gasteiger partial charge in [0.25, 0.3) is 11.8 Å². The lowest BCUT2D eigenvalue weighted by molar-refractivity contribution is 0.0926. The maximum atomic E-state index is 12.7. The summed E-state index contributed by atoms with van der Waals surface area (Å²) in [5.74, 6) is -0.932. The number of nitrogens with one attached hydrogen (secondary N) is 3. The van der Waals surface area contributed by atoms with Crippen LogP contribution in [0.25, 0.3) is 0 Å². The highest BCUT2D eigenvalue weighted by Gasteiger charge is 2.21. The zero-order chi connectivity index (χ0) is 23.1. The number of rotatable bonds is 5. The number of urea groups is 1. The van der Waals surface area contributed by atoms with Crippen molar-refractivity contribution in [2.75, 3.05) is 50.5 Å². The molecule has 0 unspecified atom stereocenters. The van der Waals surface area contributed by atoms with Gasteiger partial charge >= 0.3 is 12.1 Å². The van der Waals surface area contributed by atoms with E-state index in [4.69, 9.17) is 4.74 Å². The van der Waals surface area contributed by atoms with E-state index in [1.807, 2.05) is 7.05 Å². The highest BCUT2D eigenvalue weighted by Crippen LogP contribution is 2.24. The molecule has 11 nitrogen and oxygen atoms in total. The molecule has 5 amide bonds. The number of pyridine rings is 1. The number of halogens is 2. The third-order valence-electron chi connectivity index (χ3n) is 4.68. The number of aromatic nitrogens is 1. The number of nitrogens with zero attached hydrogens (tertiary/aromatic N) is 3. The van der Waals surface area contributed by atoms with Gasteiger partial charge < -0.3 is 19.9 Å². The van der Waals surface area contributed by atoms with E-state index in [-0.39, 0.29) is 59.4 Å². The highest BCUT2D eigenvalue weighted by molar-refractivity contribution is 7.14. The normalized spacial score (nSPS) is 13.1. The number of carbonyl (C=O) groups is 4. The van der Waals surface area contributed by atoms with Gasteiger partial charge in [0.05, 0.1) is 12.2 Å². The molecular weight excluding hydrogens is 507 g/mol. The molecule has 1 aliphatic rings. The molecular formula is C20H26Cl2N6O5S. The van der Waals surface area contributed by atoms with Crippen LogP contribution >= 0.6 is 36.2 Å². The zero-order valence-corrected chi connectivity index (χ0v) is 21.0. The summed E-state index contributed by atoms with van der Waals surface area (Å²) >= 11 is 1.13. The minimum atomic E-state index is -0.865. The van der Waals surface area contributed by atoms with Crippen molar-refractivity contribution in [3.05, 3.63) is 40.9 Å². The summed E-state index contributed by atoms with van der Waals surface area (Å²) in [6, 6.07) is 4.16. The fourth-order valence-electron chi connectivity index (χ4n) is 2.93. The van der Waals surface area contributed by atoms with Gasteiger partial charge in [-0.3, -0.25) is 20.2 Å². The Balaban J connectivity index is 0.00000289. The molecule has 0 spiro atoms. The SMILES string of the molecule is CCOC(=O)NC(=O)c1ccsc1NC(=O)c1ccnc(NC(=O)N2CCN(C)CC2)c1.Cl.Cl. The quantitative estimate of drug-likeness (QED) is 0.538. The largest absolute Gasteiger partial charge is 0.450 e. The summed E-state index contributed by atoms with van der Waals surface area (Å²) in [5.41, 5.74) is 0.382. The van der Waals surface area contributed by atoms with Gasteiger partial charge in [-0.15, -0.1) is 36.2 Å². The Bertz CT molecular complexity index is 1010. The van der Waals surface area contributed by atoms with Crippen LogP contribution in [-0.2, 0) is 4.74 Å². The van der Waals surface area contributed by atoms with Crippen LogP contribution in [0.15, 0.2) is 29.8 Å². The number of piperazine rings is 1. The monoisotopic (exact) mass is 532 g/mol. The fourth-order valence-corrected chi connectivity index (χ4v) is 3.71. The Morgan fingerprint density at radius 2 is 1.76 bits per heavy atom. The van der Waals surface area contributed by atoms with Crippen LogP contribution in [0.1, 0.15) is 27.6 Å². The first-order chi connectivity index (χ1) is 15.4. The predicted molar refractivity (Wildman–Crippen MR) is 134 cm³/mol. The Hall–Kier alpha value is -2.93. The number of imide groups is 1. The minimum Gasteiger partial charge on any atom is -0.450 e. The summed E-state index contributed by atoms with van der Waals surface area (Å²) in [5, 5.41) is 9.34. The molecule has 1 fully saturated rings. The first-order valence-corrected chi connectivity index (χ1v) is 10.8. The molecule has 0 bridgehead atoms. The molecule has 2 aromatic heterocycles. The summed E-state index contributed by atoms with van der Waals surface area (Å²) in [6.45, 7) is 4.54. The second kappa shape index (κ2) is 13.7. The average molecular weight is 533 g/mol. The van der Waals surface area contributed by atoms with Crippen LogP contribution in [0.5, 0.6) is 0 Å². The molecule has 0 atom stereocenters. The van der Waals surface area contributed by atoms with Crippen molar-refractivity contribution < 1.29 is 23.9 Å². The molecule has 1 aliphatic heterocycles. The van der Waals surface area contributed by atoms with E-state index in [9.17, 15) is 19.2 Å². The van der Waals surface area contributed by atoms with Gasteiger partial charge in [-0.05, 0) is 37.6 Å². The summed E-state index contributed by atoms with van der Waals surface area (Å²) in [7, 11) is 2.00. The second-order valence-electron chi connectivity index (χ2n) is 6.94. The van der Waals surface area contributed by atoms with Crippen molar-refractivity contribution >= 4 is 70.9 Å². The number of likely N-dealkylation sites (N-methyl/N-ethyl adjacent to an activating group) is 1. The van der Waals surface area contributed by atoms with Crippen LogP contribution in [-0.4, -0.2) is 78.6 Å². The van der Waals surface area contributed by atoms with Crippen LogP contribution in [0.3, 0.4) is 0 Å². The number of anilines is 2. The Kier molecular flexibility index (Phi) is 11.7. The van der Waals surface area contributed by atoms with Gasteiger partial charge in [0.15, 0.2) is 0 Å². The highest BCUT2D eigenvalue weighted by atomic mass is 35.5. The molecule has 1 saturated heterocycles. The van der Waals surface area contributed by atoms with Gasteiger partial charge in [0.1, 0.15) is 10.8 Å². The fraction of sp³-hybridized carbons (Fsp3) is 0.350. The summed E-state index contributed by atoms with van der Waals surface area (Å²) in [6.07, 6.45) is 0.549. The molecule has 14 heteroatoms. The lowest BCUT2D eigenvalue weighted by Gasteiger charge is -2.32.